The number of rotatable bonds is 6. The minimum Gasteiger partial charge on any atom is -0.494 e. The van der Waals surface area contributed by atoms with Crippen LogP contribution in [0.2, 0.25) is 0 Å². The number of nitrogens with zero attached hydrogens (tertiary/aromatic N) is 3. The molecule has 9 heteroatoms. The van der Waals surface area contributed by atoms with Crippen molar-refractivity contribution in [3.8, 4) is 5.75 Å². The van der Waals surface area contributed by atoms with Crippen molar-refractivity contribution in [3.05, 3.63) is 45.7 Å². The maximum Gasteiger partial charge on any atom is 0.183 e. The van der Waals surface area contributed by atoms with Gasteiger partial charge in [0.05, 0.1) is 28.6 Å². The SMILES string of the molecule is COc1ccc2nc(C)nc(SCC(=O)c3ccc(C4(O)CCN(C)CC4)s3)c2c1F. The van der Waals surface area contributed by atoms with Gasteiger partial charge in [-0.15, -0.1) is 11.3 Å². The maximum atomic E-state index is 14.9. The van der Waals surface area contributed by atoms with Crippen molar-refractivity contribution in [1.29, 1.82) is 0 Å². The molecule has 1 saturated heterocycles. The minimum absolute atomic E-state index is 0.0782. The molecule has 3 heterocycles. The molecule has 1 aliphatic rings. The number of Topliss-reactive ketones (excluding diaryl/α,β-unsaturated/α-hetero) is 1. The van der Waals surface area contributed by atoms with E-state index in [4.69, 9.17) is 4.74 Å². The number of aliphatic hydroxyl groups is 1. The monoisotopic (exact) mass is 461 g/mol. The second-order valence-corrected chi connectivity index (χ2v) is 9.81. The van der Waals surface area contributed by atoms with Crippen LogP contribution in [0.25, 0.3) is 10.9 Å². The van der Waals surface area contributed by atoms with Gasteiger partial charge in [-0.2, -0.15) is 0 Å². The molecular formula is C22H24FN3O3S2. The number of aryl methyl sites for hydroxylation is 1. The number of carbonyl (C=O) groups is 1. The van der Waals surface area contributed by atoms with Crippen molar-refractivity contribution in [2.75, 3.05) is 33.0 Å². The Kier molecular flexibility index (Phi) is 6.30. The molecule has 31 heavy (non-hydrogen) atoms. The van der Waals surface area contributed by atoms with Crippen molar-refractivity contribution >= 4 is 39.8 Å². The van der Waals surface area contributed by atoms with Gasteiger partial charge < -0.3 is 14.7 Å². The molecule has 3 aromatic rings. The zero-order valence-corrected chi connectivity index (χ0v) is 19.3. The first-order valence-electron chi connectivity index (χ1n) is 9.99. The van der Waals surface area contributed by atoms with E-state index < -0.39 is 11.4 Å². The number of benzene rings is 1. The van der Waals surface area contributed by atoms with E-state index in [0.29, 0.717) is 34.1 Å². The third-order valence-corrected chi connectivity index (χ3v) is 7.85. The lowest BCUT2D eigenvalue weighted by molar-refractivity contribution is -0.0172. The summed E-state index contributed by atoms with van der Waals surface area (Å²) in [7, 11) is 3.44. The van der Waals surface area contributed by atoms with Gasteiger partial charge in [0, 0.05) is 18.0 Å². The van der Waals surface area contributed by atoms with Crippen molar-refractivity contribution in [2.45, 2.75) is 30.4 Å². The number of thiophene rings is 1. The van der Waals surface area contributed by atoms with E-state index in [1.165, 1.54) is 36.3 Å². The van der Waals surface area contributed by atoms with Gasteiger partial charge in [-0.1, -0.05) is 11.8 Å². The predicted octanol–water partition coefficient (Wildman–Crippen LogP) is 4.04. The Morgan fingerprint density at radius 2 is 2.03 bits per heavy atom. The quantitative estimate of drug-likeness (QED) is 0.337. The molecule has 0 amide bonds. The van der Waals surface area contributed by atoms with E-state index in [0.717, 1.165) is 18.0 Å². The fourth-order valence-corrected chi connectivity index (χ4v) is 5.82. The van der Waals surface area contributed by atoms with Crippen LogP contribution in [0.4, 0.5) is 4.39 Å². The molecule has 1 N–H and O–H groups in total. The van der Waals surface area contributed by atoms with Crippen LogP contribution < -0.4 is 4.74 Å². The zero-order chi connectivity index (χ0) is 22.2. The number of ether oxygens (including phenoxy) is 1. The summed E-state index contributed by atoms with van der Waals surface area (Å²) in [4.78, 5) is 25.1. The van der Waals surface area contributed by atoms with E-state index in [9.17, 15) is 14.3 Å². The highest BCUT2D eigenvalue weighted by Crippen LogP contribution is 2.37. The van der Waals surface area contributed by atoms with Crippen molar-refractivity contribution < 1.29 is 19.0 Å². The first-order chi connectivity index (χ1) is 14.8. The lowest BCUT2D eigenvalue weighted by Gasteiger charge is -2.35. The van der Waals surface area contributed by atoms with Crippen molar-refractivity contribution in [2.24, 2.45) is 0 Å². The zero-order valence-electron chi connectivity index (χ0n) is 17.6. The van der Waals surface area contributed by atoms with Crippen LogP contribution in [0, 0.1) is 12.7 Å². The van der Waals surface area contributed by atoms with E-state index in [-0.39, 0.29) is 22.7 Å². The van der Waals surface area contributed by atoms with Gasteiger partial charge in [0.25, 0.3) is 0 Å². The van der Waals surface area contributed by atoms with E-state index in [1.54, 1.807) is 19.1 Å². The molecule has 0 aliphatic carbocycles. The second-order valence-electron chi connectivity index (χ2n) is 7.76. The summed E-state index contributed by atoms with van der Waals surface area (Å²) < 4.78 is 19.9. The topological polar surface area (TPSA) is 75.5 Å². The lowest BCUT2D eigenvalue weighted by atomic mass is 9.90. The smallest absolute Gasteiger partial charge is 0.183 e. The molecule has 4 rings (SSSR count). The number of hydrogen-bond acceptors (Lipinski definition) is 8. The average molecular weight is 462 g/mol. The molecule has 1 fully saturated rings. The molecule has 0 spiro atoms. The number of hydrogen-bond donors (Lipinski definition) is 1. The first-order valence-corrected chi connectivity index (χ1v) is 11.8. The third-order valence-electron chi connectivity index (χ3n) is 5.56. The molecule has 164 valence electrons. The minimum atomic E-state index is -0.873. The summed E-state index contributed by atoms with van der Waals surface area (Å²) in [6, 6.07) is 6.84. The Labute approximate surface area is 188 Å². The van der Waals surface area contributed by atoms with Crippen LogP contribution in [-0.2, 0) is 5.60 Å². The van der Waals surface area contributed by atoms with Gasteiger partial charge in [-0.05, 0) is 51.1 Å². The van der Waals surface area contributed by atoms with Gasteiger partial charge in [0.2, 0.25) is 0 Å². The Morgan fingerprint density at radius 3 is 2.74 bits per heavy atom. The molecule has 0 bridgehead atoms. The number of carbonyl (C=O) groups excluding carboxylic acids is 1. The van der Waals surface area contributed by atoms with Gasteiger partial charge in [0.15, 0.2) is 17.3 Å². The van der Waals surface area contributed by atoms with Crippen LogP contribution >= 0.6 is 23.1 Å². The molecule has 1 aliphatic heterocycles. The molecule has 0 unspecified atom stereocenters. The molecule has 0 atom stereocenters. The number of likely N-dealkylation sites (tertiary alicyclic amines) is 1. The molecule has 0 saturated carbocycles. The van der Waals surface area contributed by atoms with Crippen LogP contribution in [0.1, 0.15) is 33.2 Å². The fraction of sp³-hybridized carbons (Fsp3) is 0.409. The molecule has 6 nitrogen and oxygen atoms in total. The number of halogens is 1. The maximum absolute atomic E-state index is 14.9. The Balaban J connectivity index is 1.53. The van der Waals surface area contributed by atoms with Crippen LogP contribution in [0.15, 0.2) is 29.3 Å². The summed E-state index contributed by atoms with van der Waals surface area (Å²) in [6.45, 7) is 3.38. The largest absolute Gasteiger partial charge is 0.494 e. The average Bonchev–Trinajstić information content (AvgIpc) is 3.25. The standard InChI is InChI=1S/C22H24FN3O3S2/c1-13-24-14-4-5-16(29-3)20(23)19(14)21(25-13)30-12-15(27)17-6-7-18(31-17)22(28)8-10-26(2)11-9-22/h4-7,28H,8-12H2,1-3H3. The Bertz CT molecular complexity index is 1130. The molecular weight excluding hydrogens is 437 g/mol. The number of methoxy groups -OCH3 is 1. The Morgan fingerprint density at radius 1 is 1.29 bits per heavy atom. The predicted molar refractivity (Wildman–Crippen MR) is 121 cm³/mol. The van der Waals surface area contributed by atoms with Gasteiger partial charge >= 0.3 is 0 Å². The summed E-state index contributed by atoms with van der Waals surface area (Å²) in [6.07, 6.45) is 1.30. The lowest BCUT2D eigenvalue weighted by Crippen LogP contribution is -2.40. The van der Waals surface area contributed by atoms with Crippen molar-refractivity contribution in [1.82, 2.24) is 14.9 Å². The van der Waals surface area contributed by atoms with Crippen LogP contribution in [-0.4, -0.2) is 58.8 Å². The second kappa shape index (κ2) is 8.82. The highest BCUT2D eigenvalue weighted by atomic mass is 32.2. The van der Waals surface area contributed by atoms with E-state index in [2.05, 4.69) is 14.9 Å². The summed E-state index contributed by atoms with van der Waals surface area (Å²) >= 11 is 2.53. The number of piperidine rings is 1. The first kappa shape index (κ1) is 22.1. The third kappa shape index (κ3) is 4.45. The van der Waals surface area contributed by atoms with Gasteiger partial charge in [0.1, 0.15) is 16.5 Å². The summed E-state index contributed by atoms with van der Waals surface area (Å²) in [5.41, 5.74) is -0.397. The number of aromatic nitrogens is 2. The van der Waals surface area contributed by atoms with Gasteiger partial charge in [-0.25, -0.2) is 14.4 Å². The van der Waals surface area contributed by atoms with Crippen LogP contribution in [0.5, 0.6) is 5.75 Å². The number of fused-ring (bicyclic) bond motifs is 1. The normalized spacial score (nSPS) is 16.5. The molecule has 2 aromatic heterocycles. The number of thioether (sulfide) groups is 1. The summed E-state index contributed by atoms with van der Waals surface area (Å²) in [5.74, 6) is 0.129. The van der Waals surface area contributed by atoms with Gasteiger partial charge in [-0.3, -0.25) is 4.79 Å². The highest BCUT2D eigenvalue weighted by Gasteiger charge is 2.34. The molecule has 0 radical (unpaired) electrons. The summed E-state index contributed by atoms with van der Waals surface area (Å²) in [5, 5.41) is 11.7. The van der Waals surface area contributed by atoms with E-state index in [1.807, 2.05) is 13.1 Å². The Hall–Kier alpha value is -2.07. The fourth-order valence-electron chi connectivity index (χ4n) is 3.69. The van der Waals surface area contributed by atoms with Crippen molar-refractivity contribution in [3.63, 3.8) is 0 Å². The number of ketones is 1. The van der Waals surface area contributed by atoms with Crippen LogP contribution in [0.3, 0.4) is 0 Å². The molecule has 1 aromatic carbocycles. The van der Waals surface area contributed by atoms with E-state index >= 15 is 0 Å². The highest BCUT2D eigenvalue weighted by molar-refractivity contribution is 8.00.